The number of nitrogens with zero attached hydrogens (tertiary/aromatic N) is 4. The quantitative estimate of drug-likeness (QED) is 0.633. The lowest BCUT2D eigenvalue weighted by atomic mass is 9.96. The van der Waals surface area contributed by atoms with E-state index in [0.717, 1.165) is 54.8 Å². The Morgan fingerprint density at radius 1 is 1.26 bits per heavy atom. The van der Waals surface area contributed by atoms with Gasteiger partial charge in [0.05, 0.1) is 5.52 Å². The summed E-state index contributed by atoms with van der Waals surface area (Å²) < 4.78 is 15.9. The van der Waals surface area contributed by atoms with Crippen LogP contribution in [0.15, 0.2) is 36.7 Å². The van der Waals surface area contributed by atoms with Gasteiger partial charge in [0.25, 0.3) is 0 Å². The Hall–Kier alpha value is -2.43. The van der Waals surface area contributed by atoms with Crippen LogP contribution in [0, 0.1) is 12.7 Å². The molecule has 0 radical (unpaired) electrons. The van der Waals surface area contributed by atoms with Crippen LogP contribution >= 0.6 is 0 Å². The number of fused-ring (bicyclic) bond motifs is 1. The Kier molecular flexibility index (Phi) is 5.10. The fourth-order valence-electron chi connectivity index (χ4n) is 4.10. The van der Waals surface area contributed by atoms with Crippen LogP contribution in [0.4, 0.5) is 10.2 Å². The molecule has 3 heterocycles. The Labute approximate surface area is 160 Å². The summed E-state index contributed by atoms with van der Waals surface area (Å²) in [6, 6.07) is 6.93. The molecule has 27 heavy (non-hydrogen) atoms. The second kappa shape index (κ2) is 7.67. The Balaban J connectivity index is 1.59. The molecule has 1 aliphatic rings. The summed E-state index contributed by atoms with van der Waals surface area (Å²) in [7, 11) is 0. The molecule has 142 valence electrons. The molecule has 0 unspecified atom stereocenters. The molecular weight excluding hydrogens is 339 g/mol. The second-order valence-electron chi connectivity index (χ2n) is 7.58. The number of unbranched alkanes of at least 4 members (excludes halogenated alkanes) is 1. The number of imidazole rings is 1. The van der Waals surface area contributed by atoms with E-state index in [0.29, 0.717) is 5.92 Å². The Morgan fingerprint density at radius 2 is 2.15 bits per heavy atom. The van der Waals surface area contributed by atoms with E-state index in [-0.39, 0.29) is 5.82 Å². The third-order valence-electron chi connectivity index (χ3n) is 5.57. The summed E-state index contributed by atoms with van der Waals surface area (Å²) in [4.78, 5) is 11.9. The van der Waals surface area contributed by atoms with Crippen LogP contribution in [0.2, 0.25) is 0 Å². The first-order valence-corrected chi connectivity index (χ1v) is 9.98. The van der Waals surface area contributed by atoms with Crippen LogP contribution in [-0.4, -0.2) is 27.6 Å². The topological polar surface area (TPSA) is 34.0 Å². The van der Waals surface area contributed by atoms with Gasteiger partial charge in [0.1, 0.15) is 17.5 Å². The van der Waals surface area contributed by atoms with Crippen LogP contribution in [0.25, 0.3) is 10.9 Å². The lowest BCUT2D eigenvalue weighted by Gasteiger charge is -2.34. The number of aryl methyl sites for hydroxylation is 2. The maximum atomic E-state index is 13.6. The number of hydrogen-bond acceptors (Lipinski definition) is 3. The molecule has 0 saturated carbocycles. The van der Waals surface area contributed by atoms with Gasteiger partial charge in [-0.3, -0.25) is 0 Å². The lowest BCUT2D eigenvalue weighted by Crippen LogP contribution is -2.36. The van der Waals surface area contributed by atoms with Crippen LogP contribution in [-0.2, 0) is 6.54 Å². The van der Waals surface area contributed by atoms with Crippen molar-refractivity contribution in [3.05, 3.63) is 53.9 Å². The average Bonchev–Trinajstić information content (AvgIpc) is 3.15. The minimum atomic E-state index is -0.211. The highest BCUT2D eigenvalue weighted by Gasteiger charge is 2.25. The van der Waals surface area contributed by atoms with Crippen molar-refractivity contribution in [2.45, 2.75) is 52.0 Å². The molecule has 0 N–H and O–H groups in total. The number of aromatic nitrogens is 3. The monoisotopic (exact) mass is 366 g/mol. The first-order valence-electron chi connectivity index (χ1n) is 9.98. The highest BCUT2D eigenvalue weighted by atomic mass is 19.1. The van der Waals surface area contributed by atoms with Gasteiger partial charge in [-0.1, -0.05) is 13.3 Å². The minimum absolute atomic E-state index is 0.211. The third-order valence-corrected chi connectivity index (χ3v) is 5.57. The molecule has 0 amide bonds. The van der Waals surface area contributed by atoms with Crippen LogP contribution in [0.5, 0.6) is 0 Å². The second-order valence-corrected chi connectivity index (χ2v) is 7.58. The van der Waals surface area contributed by atoms with Gasteiger partial charge < -0.3 is 9.47 Å². The Morgan fingerprint density at radius 3 is 3.00 bits per heavy atom. The molecular formula is C22H27FN4. The number of halogens is 1. The number of benzene rings is 1. The minimum Gasteiger partial charge on any atom is -0.356 e. The zero-order chi connectivity index (χ0) is 18.8. The van der Waals surface area contributed by atoms with Crippen molar-refractivity contribution in [3.63, 3.8) is 0 Å². The molecule has 1 saturated heterocycles. The SMILES string of the molecule is CCCCn1ccnc1[C@@H]1CCCN(c2cc(C)c3cc(F)ccc3n2)C1. The highest BCUT2D eigenvalue weighted by Crippen LogP contribution is 2.30. The van der Waals surface area contributed by atoms with Gasteiger partial charge in [0.2, 0.25) is 0 Å². The van der Waals surface area contributed by atoms with E-state index in [2.05, 4.69) is 33.6 Å². The molecule has 1 aromatic carbocycles. The lowest BCUT2D eigenvalue weighted by molar-refractivity contribution is 0.464. The van der Waals surface area contributed by atoms with Crippen molar-refractivity contribution >= 4 is 16.7 Å². The molecule has 4 nitrogen and oxygen atoms in total. The molecule has 1 fully saturated rings. The van der Waals surface area contributed by atoms with Gasteiger partial charge >= 0.3 is 0 Å². The van der Waals surface area contributed by atoms with Gasteiger partial charge in [-0.15, -0.1) is 0 Å². The fraction of sp³-hybridized carbons (Fsp3) is 0.455. The van der Waals surface area contributed by atoms with E-state index in [1.807, 2.05) is 13.1 Å². The smallest absolute Gasteiger partial charge is 0.129 e. The highest BCUT2D eigenvalue weighted by molar-refractivity contribution is 5.84. The van der Waals surface area contributed by atoms with Crippen molar-refractivity contribution < 1.29 is 4.39 Å². The van der Waals surface area contributed by atoms with Crippen LogP contribution in [0.3, 0.4) is 0 Å². The molecule has 1 aliphatic heterocycles. The van der Waals surface area contributed by atoms with E-state index in [9.17, 15) is 4.39 Å². The molecule has 3 aromatic rings. The number of hydrogen-bond donors (Lipinski definition) is 0. The van der Waals surface area contributed by atoms with Gasteiger partial charge in [-0.05, 0) is 56.0 Å². The third kappa shape index (κ3) is 3.68. The van der Waals surface area contributed by atoms with Gasteiger partial charge in [-0.2, -0.15) is 0 Å². The summed E-state index contributed by atoms with van der Waals surface area (Å²) in [5.41, 5.74) is 1.93. The number of piperidine rings is 1. The molecule has 1 atom stereocenters. The van der Waals surface area contributed by atoms with Crippen LogP contribution < -0.4 is 4.90 Å². The number of anilines is 1. The van der Waals surface area contributed by atoms with E-state index in [1.165, 1.54) is 24.7 Å². The van der Waals surface area contributed by atoms with E-state index in [1.54, 1.807) is 12.1 Å². The molecule has 0 spiro atoms. The van der Waals surface area contributed by atoms with Crippen molar-refractivity contribution in [1.82, 2.24) is 14.5 Å². The van der Waals surface area contributed by atoms with Crippen molar-refractivity contribution in [2.75, 3.05) is 18.0 Å². The zero-order valence-corrected chi connectivity index (χ0v) is 16.2. The first-order chi connectivity index (χ1) is 13.2. The van der Waals surface area contributed by atoms with E-state index < -0.39 is 0 Å². The summed E-state index contributed by atoms with van der Waals surface area (Å²) in [5.74, 6) is 2.41. The van der Waals surface area contributed by atoms with Gasteiger partial charge in [0, 0.05) is 43.3 Å². The largest absolute Gasteiger partial charge is 0.356 e. The molecule has 4 rings (SSSR count). The number of pyridine rings is 1. The van der Waals surface area contributed by atoms with Crippen molar-refractivity contribution in [3.8, 4) is 0 Å². The maximum absolute atomic E-state index is 13.6. The predicted octanol–water partition coefficient (Wildman–Crippen LogP) is 5.06. The summed E-state index contributed by atoms with van der Waals surface area (Å²) in [5, 5.41) is 0.891. The first kappa shape index (κ1) is 18.0. The Bertz CT molecular complexity index is 933. The van der Waals surface area contributed by atoms with Crippen molar-refractivity contribution in [2.24, 2.45) is 0 Å². The van der Waals surface area contributed by atoms with E-state index >= 15 is 0 Å². The van der Waals surface area contributed by atoms with Gasteiger partial charge in [0.15, 0.2) is 0 Å². The molecule has 0 aliphatic carbocycles. The average molecular weight is 366 g/mol. The standard InChI is InChI=1S/C22H27FN4/c1-3-4-10-26-12-9-24-22(26)17-6-5-11-27(15-17)21-13-16(2)19-14-18(23)7-8-20(19)25-21/h7-9,12-14,17H,3-6,10-11,15H2,1-2H3/t17-/m1/s1. The fourth-order valence-corrected chi connectivity index (χ4v) is 4.10. The van der Waals surface area contributed by atoms with Gasteiger partial charge in [-0.25, -0.2) is 14.4 Å². The maximum Gasteiger partial charge on any atom is 0.129 e. The molecule has 0 bridgehead atoms. The normalized spacial score (nSPS) is 17.6. The predicted molar refractivity (Wildman–Crippen MR) is 108 cm³/mol. The summed E-state index contributed by atoms with van der Waals surface area (Å²) in [6.45, 7) is 7.24. The summed E-state index contributed by atoms with van der Waals surface area (Å²) in [6.07, 6.45) is 8.70. The van der Waals surface area contributed by atoms with Crippen molar-refractivity contribution in [1.29, 1.82) is 0 Å². The van der Waals surface area contributed by atoms with E-state index in [4.69, 9.17) is 4.98 Å². The molecule has 5 heteroatoms. The number of rotatable bonds is 5. The zero-order valence-electron chi connectivity index (χ0n) is 16.2. The van der Waals surface area contributed by atoms with Crippen LogP contribution in [0.1, 0.15) is 49.9 Å². The molecule has 2 aromatic heterocycles. The summed E-state index contributed by atoms with van der Waals surface area (Å²) >= 11 is 0.